The summed E-state index contributed by atoms with van der Waals surface area (Å²) in [6.45, 7) is 8.80. The summed E-state index contributed by atoms with van der Waals surface area (Å²) in [5, 5.41) is 3.04. The lowest BCUT2D eigenvalue weighted by atomic mass is 9.88. The van der Waals surface area contributed by atoms with Crippen LogP contribution in [0.3, 0.4) is 0 Å². The lowest BCUT2D eigenvalue weighted by Crippen LogP contribution is -2.54. The van der Waals surface area contributed by atoms with Gasteiger partial charge in [0.1, 0.15) is 0 Å². The fourth-order valence-corrected chi connectivity index (χ4v) is 1.35. The molecule has 0 radical (unpaired) electrons. The minimum atomic E-state index is -0.261. The van der Waals surface area contributed by atoms with Gasteiger partial charge in [0.05, 0.1) is 5.54 Å². The highest BCUT2D eigenvalue weighted by atomic mass is 16.1. The number of nitrogens with two attached hydrogens (primary N) is 1. The molecule has 0 spiro atoms. The summed E-state index contributed by atoms with van der Waals surface area (Å²) >= 11 is 0. The van der Waals surface area contributed by atoms with E-state index in [-0.39, 0.29) is 11.4 Å². The number of nitrogens with one attached hydrogen (secondary N) is 1. The summed E-state index contributed by atoms with van der Waals surface area (Å²) in [4.78, 5) is 11.6. The Hall–Kier alpha value is -0.570. The van der Waals surface area contributed by atoms with Gasteiger partial charge in [-0.1, -0.05) is 33.6 Å². The van der Waals surface area contributed by atoms with Crippen molar-refractivity contribution in [2.24, 2.45) is 11.7 Å². The summed E-state index contributed by atoms with van der Waals surface area (Å²) in [6, 6.07) is 0. The summed E-state index contributed by atoms with van der Waals surface area (Å²) < 4.78 is 0. The minimum absolute atomic E-state index is 0.130. The first-order valence-electron chi connectivity index (χ1n) is 5.97. The molecular formula is C12H26N2O. The molecule has 0 aliphatic heterocycles. The van der Waals surface area contributed by atoms with E-state index in [4.69, 9.17) is 5.73 Å². The van der Waals surface area contributed by atoms with E-state index in [0.717, 1.165) is 19.3 Å². The quantitative estimate of drug-likeness (QED) is 0.637. The number of hydrogen-bond donors (Lipinski definition) is 2. The first-order chi connectivity index (χ1) is 6.96. The third kappa shape index (κ3) is 5.17. The Morgan fingerprint density at radius 3 is 2.40 bits per heavy atom. The van der Waals surface area contributed by atoms with E-state index < -0.39 is 0 Å². The summed E-state index contributed by atoms with van der Waals surface area (Å²) in [7, 11) is 0. The van der Waals surface area contributed by atoms with Crippen LogP contribution in [0.25, 0.3) is 0 Å². The molecule has 15 heavy (non-hydrogen) atoms. The molecule has 90 valence electrons. The average molecular weight is 214 g/mol. The molecule has 0 heterocycles. The molecule has 1 unspecified atom stereocenters. The van der Waals surface area contributed by atoms with E-state index >= 15 is 0 Å². The highest BCUT2D eigenvalue weighted by molar-refractivity contribution is 5.76. The Morgan fingerprint density at radius 1 is 1.40 bits per heavy atom. The van der Waals surface area contributed by atoms with E-state index in [0.29, 0.717) is 18.9 Å². The van der Waals surface area contributed by atoms with Crippen LogP contribution in [0.4, 0.5) is 0 Å². The van der Waals surface area contributed by atoms with E-state index in [9.17, 15) is 4.79 Å². The van der Waals surface area contributed by atoms with Crippen LogP contribution in [-0.4, -0.2) is 18.0 Å². The molecule has 0 aromatic rings. The maximum absolute atomic E-state index is 11.6. The van der Waals surface area contributed by atoms with Gasteiger partial charge >= 0.3 is 0 Å². The Labute approximate surface area is 93.8 Å². The lowest BCUT2D eigenvalue weighted by molar-refractivity contribution is -0.123. The molecule has 0 bridgehead atoms. The number of unbranched alkanes of at least 4 members (excludes halogenated alkanes) is 2. The van der Waals surface area contributed by atoms with Crippen molar-refractivity contribution < 1.29 is 4.79 Å². The lowest BCUT2D eigenvalue weighted by Gasteiger charge is -2.33. The van der Waals surface area contributed by atoms with Crippen molar-refractivity contribution >= 4 is 5.91 Å². The molecule has 0 rings (SSSR count). The van der Waals surface area contributed by atoms with Crippen LogP contribution < -0.4 is 11.1 Å². The van der Waals surface area contributed by atoms with Gasteiger partial charge in [-0.15, -0.1) is 0 Å². The predicted octanol–water partition coefficient (Wildman–Crippen LogP) is 2.06. The first kappa shape index (κ1) is 14.4. The zero-order valence-corrected chi connectivity index (χ0v) is 10.6. The van der Waals surface area contributed by atoms with Gasteiger partial charge in [-0.2, -0.15) is 0 Å². The van der Waals surface area contributed by atoms with Crippen molar-refractivity contribution in [2.75, 3.05) is 6.54 Å². The average Bonchev–Trinajstić information content (AvgIpc) is 2.17. The number of rotatable bonds is 7. The number of carbonyl (C=O) groups excluding carboxylic acids is 1. The van der Waals surface area contributed by atoms with Gasteiger partial charge in [0.2, 0.25) is 5.91 Å². The molecule has 1 amide bonds. The highest BCUT2D eigenvalue weighted by Gasteiger charge is 2.27. The van der Waals surface area contributed by atoms with Crippen LogP contribution in [0.1, 0.15) is 53.4 Å². The first-order valence-corrected chi connectivity index (χ1v) is 5.97. The zero-order valence-electron chi connectivity index (χ0n) is 10.6. The van der Waals surface area contributed by atoms with Crippen LogP contribution in [0, 0.1) is 5.92 Å². The van der Waals surface area contributed by atoms with Gasteiger partial charge in [-0.3, -0.25) is 4.79 Å². The Morgan fingerprint density at radius 2 is 2.00 bits per heavy atom. The van der Waals surface area contributed by atoms with E-state index in [1.165, 1.54) is 0 Å². The van der Waals surface area contributed by atoms with Crippen LogP contribution in [-0.2, 0) is 4.79 Å². The SMILES string of the molecule is CCCCCC(=O)NC(C)(CN)C(C)C. The van der Waals surface area contributed by atoms with Crippen LogP contribution in [0.5, 0.6) is 0 Å². The monoisotopic (exact) mass is 214 g/mol. The van der Waals surface area contributed by atoms with Crippen molar-refractivity contribution in [1.29, 1.82) is 0 Å². The maximum Gasteiger partial charge on any atom is 0.220 e. The fraction of sp³-hybridized carbons (Fsp3) is 0.917. The van der Waals surface area contributed by atoms with E-state index in [1.54, 1.807) is 0 Å². The molecule has 0 fully saturated rings. The molecule has 1 atom stereocenters. The second-order valence-corrected chi connectivity index (χ2v) is 4.78. The molecule has 0 aliphatic carbocycles. The molecule has 0 aliphatic rings. The van der Waals surface area contributed by atoms with Gasteiger partial charge in [0, 0.05) is 13.0 Å². The Balaban J connectivity index is 4.02. The van der Waals surface area contributed by atoms with Crippen LogP contribution in [0.15, 0.2) is 0 Å². The zero-order chi connectivity index (χ0) is 11.9. The molecule has 3 heteroatoms. The molecule has 0 saturated carbocycles. The summed E-state index contributed by atoms with van der Waals surface area (Å²) in [5.41, 5.74) is 5.44. The van der Waals surface area contributed by atoms with Crippen molar-refractivity contribution in [3.63, 3.8) is 0 Å². The Bertz CT molecular complexity index is 192. The van der Waals surface area contributed by atoms with Crippen molar-refractivity contribution in [2.45, 2.75) is 58.9 Å². The number of carbonyl (C=O) groups is 1. The molecule has 3 N–H and O–H groups in total. The molecule has 0 aromatic heterocycles. The smallest absolute Gasteiger partial charge is 0.220 e. The fourth-order valence-electron chi connectivity index (χ4n) is 1.35. The Kier molecular flexibility index (Phi) is 6.57. The normalized spacial score (nSPS) is 15.1. The van der Waals surface area contributed by atoms with Crippen molar-refractivity contribution in [1.82, 2.24) is 5.32 Å². The van der Waals surface area contributed by atoms with Gasteiger partial charge in [0.25, 0.3) is 0 Å². The van der Waals surface area contributed by atoms with E-state index in [2.05, 4.69) is 26.1 Å². The predicted molar refractivity (Wildman–Crippen MR) is 64.6 cm³/mol. The van der Waals surface area contributed by atoms with Crippen LogP contribution in [0.2, 0.25) is 0 Å². The number of hydrogen-bond acceptors (Lipinski definition) is 2. The standard InChI is InChI=1S/C12H26N2O/c1-5-6-7-8-11(15)14-12(4,9-13)10(2)3/h10H,5-9,13H2,1-4H3,(H,14,15). The minimum Gasteiger partial charge on any atom is -0.349 e. The maximum atomic E-state index is 11.6. The topological polar surface area (TPSA) is 55.1 Å². The van der Waals surface area contributed by atoms with Crippen LogP contribution >= 0.6 is 0 Å². The molecule has 0 saturated heterocycles. The van der Waals surface area contributed by atoms with Gasteiger partial charge in [-0.05, 0) is 19.3 Å². The van der Waals surface area contributed by atoms with E-state index in [1.807, 2.05) is 6.92 Å². The molecule has 3 nitrogen and oxygen atoms in total. The highest BCUT2D eigenvalue weighted by Crippen LogP contribution is 2.15. The second-order valence-electron chi connectivity index (χ2n) is 4.78. The second kappa shape index (κ2) is 6.83. The third-order valence-corrected chi connectivity index (χ3v) is 3.13. The largest absolute Gasteiger partial charge is 0.349 e. The van der Waals surface area contributed by atoms with Crippen molar-refractivity contribution in [3.05, 3.63) is 0 Å². The van der Waals surface area contributed by atoms with Gasteiger partial charge in [0.15, 0.2) is 0 Å². The summed E-state index contributed by atoms with van der Waals surface area (Å²) in [6.07, 6.45) is 3.86. The number of amides is 1. The van der Waals surface area contributed by atoms with Gasteiger partial charge in [-0.25, -0.2) is 0 Å². The molecule has 0 aromatic carbocycles. The summed E-state index contributed by atoms with van der Waals surface area (Å²) in [5.74, 6) is 0.489. The van der Waals surface area contributed by atoms with Crippen molar-refractivity contribution in [3.8, 4) is 0 Å². The van der Waals surface area contributed by atoms with Gasteiger partial charge < -0.3 is 11.1 Å². The third-order valence-electron chi connectivity index (χ3n) is 3.13. The molecular weight excluding hydrogens is 188 g/mol.